The summed E-state index contributed by atoms with van der Waals surface area (Å²) in [6.07, 6.45) is 4.15. The van der Waals surface area contributed by atoms with Crippen LogP contribution >= 0.6 is 28.1 Å². The quantitative estimate of drug-likeness (QED) is 0.274. The molecular formula is C28H26BrN5OS. The third-order valence-corrected chi connectivity index (χ3v) is 7.15. The third-order valence-electron chi connectivity index (χ3n) is 6.27. The van der Waals surface area contributed by atoms with Crippen LogP contribution in [0.1, 0.15) is 35.5 Å². The Labute approximate surface area is 224 Å². The van der Waals surface area contributed by atoms with Crippen LogP contribution in [0.2, 0.25) is 0 Å². The molecule has 8 heteroatoms. The molecule has 3 heterocycles. The minimum atomic E-state index is -0.150. The van der Waals surface area contributed by atoms with E-state index in [0.29, 0.717) is 18.1 Å². The fraction of sp³-hybridized carbons (Fsp3) is 0.179. The second-order valence-electron chi connectivity index (χ2n) is 8.77. The third kappa shape index (κ3) is 5.20. The van der Waals surface area contributed by atoms with Crippen molar-refractivity contribution in [3.63, 3.8) is 0 Å². The first kappa shape index (κ1) is 24.2. The van der Waals surface area contributed by atoms with Crippen LogP contribution in [0.15, 0.2) is 95.7 Å². The van der Waals surface area contributed by atoms with E-state index in [4.69, 9.17) is 12.2 Å². The van der Waals surface area contributed by atoms with E-state index in [9.17, 15) is 4.79 Å². The summed E-state index contributed by atoms with van der Waals surface area (Å²) in [6.45, 7) is 2.48. The number of hydrogen-bond acceptors (Lipinski definition) is 3. The maximum absolute atomic E-state index is 12.8. The van der Waals surface area contributed by atoms with Crippen LogP contribution in [0.5, 0.6) is 0 Å². The highest BCUT2D eigenvalue weighted by Gasteiger charge is 2.41. The van der Waals surface area contributed by atoms with Crippen molar-refractivity contribution in [2.75, 3.05) is 11.9 Å². The molecule has 0 unspecified atom stereocenters. The molecule has 1 fully saturated rings. The van der Waals surface area contributed by atoms with Crippen LogP contribution in [-0.4, -0.2) is 32.0 Å². The summed E-state index contributed by atoms with van der Waals surface area (Å²) in [5.74, 6) is -0.0493. The lowest BCUT2D eigenvalue weighted by Gasteiger charge is -2.29. The Hall–Kier alpha value is -3.49. The predicted molar refractivity (Wildman–Crippen MR) is 150 cm³/mol. The number of amides is 1. The Balaban J connectivity index is 1.44. The second-order valence-corrected chi connectivity index (χ2v) is 10.1. The summed E-state index contributed by atoms with van der Waals surface area (Å²) in [5, 5.41) is 7.09. The molecule has 0 aliphatic carbocycles. The monoisotopic (exact) mass is 559 g/mol. The number of carbonyl (C=O) groups excluding carboxylic acids is 1. The number of hydrogen-bond donors (Lipinski definition) is 2. The van der Waals surface area contributed by atoms with Gasteiger partial charge in [-0.2, -0.15) is 0 Å². The maximum atomic E-state index is 12.8. The van der Waals surface area contributed by atoms with Gasteiger partial charge in [0.1, 0.15) is 0 Å². The van der Waals surface area contributed by atoms with Crippen molar-refractivity contribution >= 4 is 44.9 Å². The minimum Gasteiger partial charge on any atom is -0.352 e. The standard InChI is InChI=1S/C28H26BrN5OS/c1-19-6-4-7-21(18-19)31-25(35)14-17-34-27(26(32-28(34)36)23-8-2-3-15-30-23)24-9-5-16-33(24)22-12-10-20(29)11-13-22/h2-13,15-16,18,26-27H,14,17H2,1H3,(H,31,35)(H,32,36)/t26-,27+/m0/s1. The van der Waals surface area contributed by atoms with Gasteiger partial charge in [-0.25, -0.2) is 0 Å². The largest absolute Gasteiger partial charge is 0.352 e. The zero-order chi connectivity index (χ0) is 25.1. The molecule has 2 aromatic carbocycles. The van der Waals surface area contributed by atoms with Gasteiger partial charge in [0, 0.05) is 46.9 Å². The van der Waals surface area contributed by atoms with Crippen molar-refractivity contribution < 1.29 is 4.79 Å². The number of thiocarbonyl (C=S) groups is 1. The van der Waals surface area contributed by atoms with Gasteiger partial charge in [0.2, 0.25) is 5.91 Å². The topological polar surface area (TPSA) is 62.2 Å². The Morgan fingerprint density at radius 1 is 1.08 bits per heavy atom. The smallest absolute Gasteiger partial charge is 0.226 e. The van der Waals surface area contributed by atoms with E-state index in [1.54, 1.807) is 6.20 Å². The van der Waals surface area contributed by atoms with E-state index < -0.39 is 0 Å². The molecule has 0 radical (unpaired) electrons. The van der Waals surface area contributed by atoms with Crippen LogP contribution in [0.25, 0.3) is 5.69 Å². The molecular weight excluding hydrogens is 534 g/mol. The molecule has 36 heavy (non-hydrogen) atoms. The average Bonchev–Trinajstić information content (AvgIpc) is 3.48. The summed E-state index contributed by atoms with van der Waals surface area (Å²) in [6, 6.07) is 25.8. The molecule has 2 aromatic heterocycles. The molecule has 2 atom stereocenters. The van der Waals surface area contributed by atoms with Gasteiger partial charge in [0.15, 0.2) is 5.11 Å². The van der Waals surface area contributed by atoms with Crippen molar-refractivity contribution in [3.05, 3.63) is 113 Å². The average molecular weight is 561 g/mol. The lowest BCUT2D eigenvalue weighted by Crippen LogP contribution is -2.33. The Bertz CT molecular complexity index is 1370. The van der Waals surface area contributed by atoms with Gasteiger partial charge in [0.25, 0.3) is 0 Å². The molecule has 1 saturated heterocycles. The van der Waals surface area contributed by atoms with E-state index >= 15 is 0 Å². The molecule has 2 N–H and O–H groups in total. The number of anilines is 1. The summed E-state index contributed by atoms with van der Waals surface area (Å²) in [7, 11) is 0. The number of rotatable bonds is 7. The number of halogens is 1. The van der Waals surface area contributed by atoms with Crippen LogP contribution in [0.4, 0.5) is 5.69 Å². The van der Waals surface area contributed by atoms with Crippen molar-refractivity contribution in [2.45, 2.75) is 25.4 Å². The molecule has 4 aromatic rings. The fourth-order valence-corrected chi connectivity index (χ4v) is 5.20. The van der Waals surface area contributed by atoms with Gasteiger partial charge in [-0.3, -0.25) is 9.78 Å². The molecule has 0 bridgehead atoms. The van der Waals surface area contributed by atoms with Crippen LogP contribution in [0.3, 0.4) is 0 Å². The fourth-order valence-electron chi connectivity index (χ4n) is 4.61. The number of nitrogens with zero attached hydrogens (tertiary/aromatic N) is 3. The highest BCUT2D eigenvalue weighted by atomic mass is 79.9. The summed E-state index contributed by atoms with van der Waals surface area (Å²) < 4.78 is 3.19. The Morgan fingerprint density at radius 2 is 1.92 bits per heavy atom. The number of aromatic nitrogens is 2. The van der Waals surface area contributed by atoms with Crippen LogP contribution in [-0.2, 0) is 4.79 Å². The van der Waals surface area contributed by atoms with E-state index in [2.05, 4.69) is 65.4 Å². The Kier molecular flexibility index (Phi) is 7.16. The lowest BCUT2D eigenvalue weighted by molar-refractivity contribution is -0.116. The number of carbonyl (C=O) groups is 1. The van der Waals surface area contributed by atoms with Gasteiger partial charge in [-0.1, -0.05) is 34.1 Å². The highest BCUT2D eigenvalue weighted by Crippen LogP contribution is 2.39. The summed E-state index contributed by atoms with van der Waals surface area (Å²) in [4.78, 5) is 19.6. The number of aryl methyl sites for hydroxylation is 1. The molecule has 6 nitrogen and oxygen atoms in total. The van der Waals surface area contributed by atoms with Gasteiger partial charge in [-0.05, 0) is 85.4 Å². The van der Waals surface area contributed by atoms with E-state index in [0.717, 1.165) is 32.8 Å². The van der Waals surface area contributed by atoms with Gasteiger partial charge in [-0.15, -0.1) is 0 Å². The maximum Gasteiger partial charge on any atom is 0.226 e. The zero-order valence-electron chi connectivity index (χ0n) is 19.8. The van der Waals surface area contributed by atoms with Gasteiger partial charge < -0.3 is 20.1 Å². The van der Waals surface area contributed by atoms with Crippen molar-refractivity contribution in [2.24, 2.45) is 0 Å². The summed E-state index contributed by atoms with van der Waals surface area (Å²) >= 11 is 9.31. The van der Waals surface area contributed by atoms with E-state index in [1.807, 2.05) is 67.6 Å². The van der Waals surface area contributed by atoms with Crippen molar-refractivity contribution in [1.29, 1.82) is 0 Å². The second kappa shape index (κ2) is 10.6. The molecule has 1 aliphatic rings. The van der Waals surface area contributed by atoms with E-state index in [-0.39, 0.29) is 18.0 Å². The molecule has 5 rings (SSSR count). The lowest BCUT2D eigenvalue weighted by atomic mass is 10.0. The SMILES string of the molecule is Cc1cccc(NC(=O)CCN2C(=S)N[C@@H](c3ccccn3)[C@H]2c2cccn2-c2ccc(Br)cc2)c1. The van der Waals surface area contributed by atoms with Gasteiger partial charge >= 0.3 is 0 Å². The number of pyridine rings is 1. The first-order chi connectivity index (χ1) is 17.5. The first-order valence-electron chi connectivity index (χ1n) is 11.8. The predicted octanol–water partition coefficient (Wildman–Crippen LogP) is 5.94. The van der Waals surface area contributed by atoms with Crippen LogP contribution < -0.4 is 10.6 Å². The van der Waals surface area contributed by atoms with Gasteiger partial charge in [0.05, 0.1) is 17.8 Å². The van der Waals surface area contributed by atoms with Crippen LogP contribution in [0, 0.1) is 6.92 Å². The molecule has 0 saturated carbocycles. The van der Waals surface area contributed by atoms with Crippen molar-refractivity contribution in [3.8, 4) is 5.69 Å². The first-order valence-corrected chi connectivity index (χ1v) is 13.0. The van der Waals surface area contributed by atoms with Crippen molar-refractivity contribution in [1.82, 2.24) is 19.8 Å². The molecule has 182 valence electrons. The highest BCUT2D eigenvalue weighted by molar-refractivity contribution is 9.10. The molecule has 1 amide bonds. The Morgan fingerprint density at radius 3 is 2.67 bits per heavy atom. The normalized spacial score (nSPS) is 17.2. The number of nitrogens with one attached hydrogen (secondary N) is 2. The zero-order valence-corrected chi connectivity index (χ0v) is 22.2. The molecule has 0 spiro atoms. The minimum absolute atomic E-state index is 0.0493. The summed E-state index contributed by atoms with van der Waals surface area (Å²) in [5.41, 5.74) is 4.92. The van der Waals surface area contributed by atoms with E-state index in [1.165, 1.54) is 0 Å². The molecule has 1 aliphatic heterocycles. The number of benzene rings is 2.